The number of hydrogen-bond donors (Lipinski definition) is 0. The Kier molecular flexibility index (Phi) is 1.51. The molecule has 0 amide bonds. The Morgan fingerprint density at radius 2 is 2.71 bits per heavy atom. The maximum atomic E-state index is 4.89. The zero-order chi connectivity index (χ0) is 5.28. The van der Waals surface area contributed by atoms with E-state index in [0.29, 0.717) is 0 Å². The second-order valence-corrected chi connectivity index (χ2v) is 3.21. The Labute approximate surface area is 49.4 Å². The van der Waals surface area contributed by atoms with Crippen molar-refractivity contribution < 1.29 is 3.63 Å². The average molecular weight is 135 g/mol. The van der Waals surface area contributed by atoms with Crippen LogP contribution in [-0.2, 0) is 3.63 Å². The first-order valence-corrected chi connectivity index (χ1v) is 3.75. The van der Waals surface area contributed by atoms with Gasteiger partial charge in [-0.05, 0) is 12.8 Å². The third-order valence-electron chi connectivity index (χ3n) is 0.464. The molecular formula is C3H5NOS2. The highest BCUT2D eigenvalue weighted by Crippen LogP contribution is 2.31. The molecule has 1 aliphatic rings. The van der Waals surface area contributed by atoms with Crippen molar-refractivity contribution in [1.29, 1.82) is 0 Å². The molecule has 0 N–H and O–H groups in total. The van der Waals surface area contributed by atoms with Crippen LogP contribution in [0.1, 0.15) is 6.92 Å². The highest BCUT2D eigenvalue weighted by Gasteiger charge is 2.03. The van der Waals surface area contributed by atoms with Gasteiger partial charge in [0.2, 0.25) is 0 Å². The van der Waals surface area contributed by atoms with Crippen LogP contribution in [0.15, 0.2) is 4.40 Å². The van der Waals surface area contributed by atoms with Crippen molar-refractivity contribution in [3.05, 3.63) is 0 Å². The van der Waals surface area contributed by atoms with Gasteiger partial charge in [-0.15, -0.1) is 0 Å². The standard InChI is InChI=1S/C3H5NOS2/c1-3-4-7(2)5-6-3/h2H2,1H3. The van der Waals surface area contributed by atoms with Crippen LogP contribution in [0, 0.1) is 0 Å². The second kappa shape index (κ2) is 1.98. The summed E-state index contributed by atoms with van der Waals surface area (Å²) in [4.78, 5) is 0. The topological polar surface area (TPSA) is 21.6 Å². The molecule has 0 fully saturated rings. The molecule has 1 aliphatic heterocycles. The van der Waals surface area contributed by atoms with Gasteiger partial charge in [0, 0.05) is 0 Å². The summed E-state index contributed by atoms with van der Waals surface area (Å²) in [6.07, 6.45) is 0. The van der Waals surface area contributed by atoms with Gasteiger partial charge >= 0.3 is 0 Å². The Bertz CT molecular complexity index is 131. The quantitative estimate of drug-likeness (QED) is 0.372. The van der Waals surface area contributed by atoms with E-state index in [4.69, 9.17) is 3.63 Å². The van der Waals surface area contributed by atoms with Crippen LogP contribution in [0.5, 0.6) is 0 Å². The summed E-state index contributed by atoms with van der Waals surface area (Å²) in [5, 5.41) is 0.971. The summed E-state index contributed by atoms with van der Waals surface area (Å²) < 4.78 is 8.86. The fraction of sp³-hybridized carbons (Fsp3) is 0.333. The molecule has 40 valence electrons. The summed E-state index contributed by atoms with van der Waals surface area (Å²) in [6, 6.07) is 0. The Morgan fingerprint density at radius 3 is 2.86 bits per heavy atom. The van der Waals surface area contributed by atoms with Crippen molar-refractivity contribution >= 4 is 33.9 Å². The molecule has 0 radical (unpaired) electrons. The average Bonchev–Trinajstić information content (AvgIpc) is 1.87. The first-order chi connectivity index (χ1) is 3.29. The number of rotatable bonds is 0. The van der Waals surface area contributed by atoms with Crippen molar-refractivity contribution in [2.45, 2.75) is 6.92 Å². The summed E-state index contributed by atoms with van der Waals surface area (Å²) >= 11 is 1.31. The van der Waals surface area contributed by atoms with Crippen molar-refractivity contribution in [1.82, 2.24) is 0 Å². The van der Waals surface area contributed by atoms with Gasteiger partial charge in [0.15, 0.2) is 0 Å². The second-order valence-electron chi connectivity index (χ2n) is 1.08. The Morgan fingerprint density at radius 1 is 2.00 bits per heavy atom. The molecule has 0 saturated carbocycles. The molecule has 1 atom stereocenters. The van der Waals surface area contributed by atoms with Gasteiger partial charge in [-0.3, -0.25) is 0 Å². The summed E-state index contributed by atoms with van der Waals surface area (Å²) in [5.41, 5.74) is 0. The minimum Gasteiger partial charge on any atom is -0.227 e. The van der Waals surface area contributed by atoms with E-state index in [2.05, 4.69) is 10.3 Å². The SMILES string of the molecule is C=S1N=C(C)SO1. The van der Waals surface area contributed by atoms with Crippen LogP contribution in [0.3, 0.4) is 0 Å². The van der Waals surface area contributed by atoms with Gasteiger partial charge in [0.25, 0.3) is 0 Å². The van der Waals surface area contributed by atoms with E-state index in [-0.39, 0.29) is 0 Å². The monoisotopic (exact) mass is 135 g/mol. The largest absolute Gasteiger partial charge is 0.227 e. The fourth-order valence-corrected chi connectivity index (χ4v) is 1.75. The lowest BCUT2D eigenvalue weighted by Gasteiger charge is -1.81. The first-order valence-electron chi connectivity index (χ1n) is 1.73. The van der Waals surface area contributed by atoms with Gasteiger partial charge in [-0.2, -0.15) is 4.40 Å². The third-order valence-corrected chi connectivity index (χ3v) is 2.29. The summed E-state index contributed by atoms with van der Waals surface area (Å²) in [6.45, 7) is 1.91. The summed E-state index contributed by atoms with van der Waals surface area (Å²) in [5.74, 6) is 3.59. The molecule has 0 saturated heterocycles. The van der Waals surface area contributed by atoms with Crippen molar-refractivity contribution in [3.63, 3.8) is 0 Å². The van der Waals surface area contributed by atoms with E-state index in [1.54, 1.807) is 0 Å². The number of nitrogens with zero attached hydrogens (tertiary/aromatic N) is 1. The zero-order valence-electron chi connectivity index (χ0n) is 3.88. The minimum atomic E-state index is -0.402. The lowest BCUT2D eigenvalue weighted by Crippen LogP contribution is -1.68. The van der Waals surface area contributed by atoms with Crippen molar-refractivity contribution in [3.8, 4) is 0 Å². The Balaban J connectivity index is 2.67. The lowest BCUT2D eigenvalue weighted by atomic mass is 10.9. The molecule has 7 heavy (non-hydrogen) atoms. The molecule has 0 spiro atoms. The molecule has 1 unspecified atom stereocenters. The summed E-state index contributed by atoms with van der Waals surface area (Å²) in [7, 11) is -0.402. The molecular weight excluding hydrogens is 130 g/mol. The molecule has 4 heteroatoms. The smallest absolute Gasteiger partial charge is 0.109 e. The van der Waals surface area contributed by atoms with Crippen LogP contribution < -0.4 is 0 Å². The van der Waals surface area contributed by atoms with Crippen molar-refractivity contribution in [2.24, 2.45) is 4.40 Å². The van der Waals surface area contributed by atoms with E-state index in [9.17, 15) is 0 Å². The molecule has 2 nitrogen and oxygen atoms in total. The van der Waals surface area contributed by atoms with Gasteiger partial charge in [0.05, 0.1) is 23.0 Å². The van der Waals surface area contributed by atoms with Crippen LogP contribution in [0.2, 0.25) is 0 Å². The molecule has 0 aromatic rings. The van der Waals surface area contributed by atoms with E-state index < -0.39 is 11.0 Å². The third kappa shape index (κ3) is 1.29. The fourth-order valence-electron chi connectivity index (χ4n) is 0.262. The minimum absolute atomic E-state index is 0.402. The lowest BCUT2D eigenvalue weighted by molar-refractivity contribution is 0.773. The van der Waals surface area contributed by atoms with Gasteiger partial charge in [-0.25, -0.2) is 3.63 Å². The highest BCUT2D eigenvalue weighted by molar-refractivity contribution is 8.25. The first kappa shape index (κ1) is 5.34. The van der Waals surface area contributed by atoms with Crippen LogP contribution in [-0.4, -0.2) is 10.9 Å². The molecule has 0 aliphatic carbocycles. The Hall–Kier alpha value is 0.200. The van der Waals surface area contributed by atoms with Crippen LogP contribution in [0.25, 0.3) is 0 Å². The normalized spacial score (nSPS) is 30.4. The molecule has 0 aromatic heterocycles. The van der Waals surface area contributed by atoms with Gasteiger partial charge in [0.1, 0.15) is 5.04 Å². The van der Waals surface area contributed by atoms with Gasteiger partial charge < -0.3 is 0 Å². The molecule has 1 heterocycles. The highest BCUT2D eigenvalue weighted by atomic mass is 32.3. The van der Waals surface area contributed by atoms with Gasteiger partial charge in [-0.1, -0.05) is 0 Å². The maximum Gasteiger partial charge on any atom is 0.109 e. The van der Waals surface area contributed by atoms with E-state index in [1.165, 1.54) is 12.0 Å². The van der Waals surface area contributed by atoms with E-state index >= 15 is 0 Å². The molecule has 0 bridgehead atoms. The van der Waals surface area contributed by atoms with Crippen LogP contribution in [0.4, 0.5) is 0 Å². The predicted molar refractivity (Wildman–Crippen MR) is 36.5 cm³/mol. The predicted octanol–water partition coefficient (Wildman–Crippen LogP) is 1.61. The molecule has 0 aromatic carbocycles. The van der Waals surface area contributed by atoms with Crippen LogP contribution >= 0.6 is 23.0 Å². The molecule has 1 rings (SSSR count). The van der Waals surface area contributed by atoms with E-state index in [1.807, 2.05) is 6.92 Å². The zero-order valence-corrected chi connectivity index (χ0v) is 5.51. The maximum absolute atomic E-state index is 4.89. The van der Waals surface area contributed by atoms with Crippen molar-refractivity contribution in [2.75, 3.05) is 0 Å². The number of hydrogen-bond acceptors (Lipinski definition) is 3. The van der Waals surface area contributed by atoms with E-state index in [0.717, 1.165) is 5.04 Å².